The van der Waals surface area contributed by atoms with E-state index in [-0.39, 0.29) is 22.8 Å². The Morgan fingerprint density at radius 3 is 2.76 bits per heavy atom. The minimum Gasteiger partial charge on any atom is -0.346 e. The quantitative estimate of drug-likeness (QED) is 0.690. The van der Waals surface area contributed by atoms with Gasteiger partial charge in [0.05, 0.1) is 29.1 Å². The molecule has 2 rings (SSSR count). The highest BCUT2D eigenvalue weighted by Crippen LogP contribution is 2.22. The van der Waals surface area contributed by atoms with E-state index in [1.807, 2.05) is 0 Å². The van der Waals surface area contributed by atoms with Gasteiger partial charge in [0.15, 0.2) is 0 Å². The second kappa shape index (κ2) is 6.27. The molecule has 1 N–H and O–H groups in total. The van der Waals surface area contributed by atoms with E-state index in [0.717, 1.165) is 5.69 Å². The molecule has 0 bridgehead atoms. The molecular formula is C13H11ClN4O3. The first-order chi connectivity index (χ1) is 9.97. The molecular weight excluding hydrogens is 296 g/mol. The number of rotatable bonds is 4. The molecule has 0 saturated carbocycles. The number of aromatic nitrogens is 2. The second-order valence-corrected chi connectivity index (χ2v) is 4.69. The number of halogens is 1. The van der Waals surface area contributed by atoms with Crippen LogP contribution in [0.5, 0.6) is 0 Å². The monoisotopic (exact) mass is 306 g/mol. The van der Waals surface area contributed by atoms with Crippen LogP contribution in [0.4, 0.5) is 5.69 Å². The zero-order valence-corrected chi connectivity index (χ0v) is 11.8. The number of hydrogen-bond donors (Lipinski definition) is 1. The summed E-state index contributed by atoms with van der Waals surface area (Å²) in [5.41, 5.74) is 0.925. The van der Waals surface area contributed by atoms with Crippen molar-refractivity contribution in [3.63, 3.8) is 0 Å². The van der Waals surface area contributed by atoms with E-state index >= 15 is 0 Å². The third-order valence-electron chi connectivity index (χ3n) is 2.66. The van der Waals surface area contributed by atoms with Crippen LogP contribution < -0.4 is 5.32 Å². The fourth-order valence-corrected chi connectivity index (χ4v) is 1.80. The molecule has 0 saturated heterocycles. The number of hydrogen-bond acceptors (Lipinski definition) is 5. The van der Waals surface area contributed by atoms with Crippen molar-refractivity contribution >= 4 is 23.2 Å². The zero-order chi connectivity index (χ0) is 15.4. The molecule has 8 heteroatoms. The molecule has 1 aromatic heterocycles. The fraction of sp³-hybridized carbons (Fsp3) is 0.154. The number of nitro groups is 1. The maximum atomic E-state index is 12.0. The van der Waals surface area contributed by atoms with Gasteiger partial charge in [0.25, 0.3) is 11.6 Å². The molecule has 1 amide bonds. The molecule has 21 heavy (non-hydrogen) atoms. The Kier molecular flexibility index (Phi) is 4.44. The van der Waals surface area contributed by atoms with Crippen molar-refractivity contribution in [2.24, 2.45) is 0 Å². The minimum atomic E-state index is -0.628. The molecule has 0 radical (unpaired) electrons. The first-order valence-electron chi connectivity index (χ1n) is 5.97. The highest BCUT2D eigenvalue weighted by molar-refractivity contribution is 6.31. The van der Waals surface area contributed by atoms with Gasteiger partial charge in [-0.25, -0.2) is 0 Å². The van der Waals surface area contributed by atoms with Crippen LogP contribution in [0.2, 0.25) is 5.02 Å². The number of benzene rings is 1. The highest BCUT2D eigenvalue weighted by atomic mass is 35.5. The molecule has 0 unspecified atom stereocenters. The second-order valence-electron chi connectivity index (χ2n) is 4.25. The van der Waals surface area contributed by atoms with Gasteiger partial charge in [-0.3, -0.25) is 24.9 Å². The van der Waals surface area contributed by atoms with E-state index in [1.165, 1.54) is 24.4 Å². The van der Waals surface area contributed by atoms with Crippen LogP contribution in [0, 0.1) is 17.0 Å². The van der Waals surface area contributed by atoms with Gasteiger partial charge in [0.2, 0.25) is 0 Å². The van der Waals surface area contributed by atoms with Crippen LogP contribution in [0.15, 0.2) is 30.6 Å². The summed E-state index contributed by atoms with van der Waals surface area (Å²) in [4.78, 5) is 30.4. The average Bonchev–Trinajstić information content (AvgIpc) is 2.46. The topological polar surface area (TPSA) is 98.0 Å². The maximum absolute atomic E-state index is 12.0. The van der Waals surface area contributed by atoms with Crippen LogP contribution in [-0.4, -0.2) is 20.8 Å². The number of carbonyl (C=O) groups is 1. The summed E-state index contributed by atoms with van der Waals surface area (Å²) in [6.07, 6.45) is 3.10. The Labute approximate surface area is 125 Å². The predicted octanol–water partition coefficient (Wildman–Crippen LogP) is 2.28. The van der Waals surface area contributed by atoms with Gasteiger partial charge in [-0.05, 0) is 19.1 Å². The number of carbonyl (C=O) groups excluding carboxylic acids is 1. The van der Waals surface area contributed by atoms with Crippen LogP contribution in [0.1, 0.15) is 21.7 Å². The summed E-state index contributed by atoms with van der Waals surface area (Å²) in [6.45, 7) is 1.92. The third-order valence-corrected chi connectivity index (χ3v) is 2.90. The normalized spacial score (nSPS) is 10.2. The van der Waals surface area contributed by atoms with E-state index in [2.05, 4.69) is 15.3 Å². The van der Waals surface area contributed by atoms with Crippen LogP contribution in [0.25, 0.3) is 0 Å². The molecule has 0 spiro atoms. The van der Waals surface area contributed by atoms with Gasteiger partial charge in [-0.15, -0.1) is 0 Å². The summed E-state index contributed by atoms with van der Waals surface area (Å²) in [6, 6.07) is 3.82. The number of nitro benzene ring substituents is 1. The summed E-state index contributed by atoms with van der Waals surface area (Å²) >= 11 is 5.78. The van der Waals surface area contributed by atoms with Crippen molar-refractivity contribution in [1.29, 1.82) is 0 Å². The van der Waals surface area contributed by atoms with Gasteiger partial charge in [0.1, 0.15) is 5.56 Å². The maximum Gasteiger partial charge on any atom is 0.282 e. The average molecular weight is 307 g/mol. The lowest BCUT2D eigenvalue weighted by molar-refractivity contribution is -0.385. The summed E-state index contributed by atoms with van der Waals surface area (Å²) in [5.74, 6) is -0.591. The van der Waals surface area contributed by atoms with Crippen molar-refractivity contribution in [2.75, 3.05) is 0 Å². The largest absolute Gasteiger partial charge is 0.346 e. The molecule has 108 valence electrons. The molecule has 0 atom stereocenters. The van der Waals surface area contributed by atoms with Crippen molar-refractivity contribution in [3.05, 3.63) is 62.7 Å². The lowest BCUT2D eigenvalue weighted by Crippen LogP contribution is -2.24. The van der Waals surface area contributed by atoms with Crippen LogP contribution in [0.3, 0.4) is 0 Å². The Morgan fingerprint density at radius 2 is 2.14 bits per heavy atom. The van der Waals surface area contributed by atoms with E-state index < -0.39 is 10.8 Å². The highest BCUT2D eigenvalue weighted by Gasteiger charge is 2.20. The minimum absolute atomic E-state index is 0.0902. The summed E-state index contributed by atoms with van der Waals surface area (Å²) in [5, 5.41) is 13.7. The fourth-order valence-electron chi connectivity index (χ4n) is 1.63. The number of nitrogens with one attached hydrogen (secondary N) is 1. The Morgan fingerprint density at radius 1 is 1.38 bits per heavy atom. The van der Waals surface area contributed by atoms with Gasteiger partial charge < -0.3 is 5.32 Å². The van der Waals surface area contributed by atoms with E-state index in [4.69, 9.17) is 11.6 Å². The first kappa shape index (κ1) is 14.9. The molecule has 7 nitrogen and oxygen atoms in total. The summed E-state index contributed by atoms with van der Waals surface area (Å²) < 4.78 is 0. The zero-order valence-electron chi connectivity index (χ0n) is 11.0. The van der Waals surface area contributed by atoms with Gasteiger partial charge in [0, 0.05) is 17.3 Å². The smallest absolute Gasteiger partial charge is 0.282 e. The molecule has 2 aromatic rings. The van der Waals surface area contributed by atoms with Gasteiger partial charge in [-0.2, -0.15) is 0 Å². The van der Waals surface area contributed by atoms with E-state index in [9.17, 15) is 14.9 Å². The Bertz CT molecular complexity index is 688. The van der Waals surface area contributed by atoms with E-state index in [1.54, 1.807) is 13.1 Å². The lowest BCUT2D eigenvalue weighted by Gasteiger charge is -2.06. The third kappa shape index (κ3) is 3.73. The van der Waals surface area contributed by atoms with Crippen molar-refractivity contribution in [3.8, 4) is 0 Å². The molecule has 0 aliphatic heterocycles. The Balaban J connectivity index is 2.15. The Hall–Kier alpha value is -2.54. The molecule has 0 fully saturated rings. The van der Waals surface area contributed by atoms with Crippen molar-refractivity contribution in [1.82, 2.24) is 15.3 Å². The standard InChI is InChI=1S/C13H11ClN4O3/c1-8-5-16-10(6-15-8)7-17-13(19)11-4-9(14)2-3-12(11)18(20)21/h2-6H,7H2,1H3,(H,17,19). The number of aryl methyl sites for hydroxylation is 1. The van der Waals surface area contributed by atoms with Crippen LogP contribution in [-0.2, 0) is 6.54 Å². The van der Waals surface area contributed by atoms with Crippen molar-refractivity contribution in [2.45, 2.75) is 13.5 Å². The molecule has 0 aliphatic carbocycles. The lowest BCUT2D eigenvalue weighted by atomic mass is 10.1. The molecule has 1 aromatic carbocycles. The van der Waals surface area contributed by atoms with Crippen molar-refractivity contribution < 1.29 is 9.72 Å². The predicted molar refractivity (Wildman–Crippen MR) is 76.0 cm³/mol. The first-order valence-corrected chi connectivity index (χ1v) is 6.35. The van der Waals surface area contributed by atoms with Crippen LogP contribution >= 0.6 is 11.6 Å². The SMILES string of the molecule is Cc1cnc(CNC(=O)c2cc(Cl)ccc2[N+](=O)[O-])cn1. The molecule has 1 heterocycles. The number of nitrogens with zero attached hydrogens (tertiary/aromatic N) is 3. The van der Waals surface area contributed by atoms with Gasteiger partial charge in [-0.1, -0.05) is 11.6 Å². The molecule has 0 aliphatic rings. The van der Waals surface area contributed by atoms with Gasteiger partial charge >= 0.3 is 0 Å². The van der Waals surface area contributed by atoms with E-state index in [0.29, 0.717) is 5.69 Å². The number of amides is 1. The summed E-state index contributed by atoms with van der Waals surface area (Å²) in [7, 11) is 0.